The van der Waals surface area contributed by atoms with Crippen LogP contribution in [0.15, 0.2) is 36.4 Å². The summed E-state index contributed by atoms with van der Waals surface area (Å²) in [6, 6.07) is 8.70. The second-order valence-corrected chi connectivity index (χ2v) is 5.36. The molecule has 2 aromatic rings. The van der Waals surface area contributed by atoms with Gasteiger partial charge in [-0.3, -0.25) is 0 Å². The highest BCUT2D eigenvalue weighted by molar-refractivity contribution is 5.60. The monoisotopic (exact) mass is 334 g/mol. The molecule has 0 aliphatic heterocycles. The number of aryl methyl sites for hydroxylation is 2. The van der Waals surface area contributed by atoms with E-state index in [1.165, 1.54) is 24.3 Å². The lowest BCUT2D eigenvalue weighted by Crippen LogP contribution is -2.09. The molecule has 0 radical (unpaired) electrons. The Kier molecular flexibility index (Phi) is 6.29. The summed E-state index contributed by atoms with van der Waals surface area (Å²) >= 11 is 0. The van der Waals surface area contributed by atoms with Crippen LogP contribution in [-0.4, -0.2) is 6.16 Å². The van der Waals surface area contributed by atoms with E-state index in [1.807, 2.05) is 13.8 Å². The molecule has 0 amide bonds. The molecule has 0 saturated carbocycles. The maximum Gasteiger partial charge on any atom is 0.508 e. The first-order valence-electron chi connectivity index (χ1n) is 7.87. The van der Waals surface area contributed by atoms with Gasteiger partial charge in [0.1, 0.15) is 24.8 Å². The van der Waals surface area contributed by atoms with Gasteiger partial charge in [-0.1, -0.05) is 26.0 Å². The molecule has 0 aliphatic rings. The highest BCUT2D eigenvalue weighted by Crippen LogP contribution is 2.15. The smallest absolute Gasteiger partial charge is 0.429 e. The molecule has 24 heavy (non-hydrogen) atoms. The Morgan fingerprint density at radius 1 is 0.792 bits per heavy atom. The van der Waals surface area contributed by atoms with Gasteiger partial charge in [0.15, 0.2) is 0 Å². The van der Waals surface area contributed by atoms with Crippen LogP contribution in [0.5, 0.6) is 0 Å². The van der Waals surface area contributed by atoms with Gasteiger partial charge in [0.25, 0.3) is 0 Å². The number of ether oxygens (including phenoxy) is 2. The first kappa shape index (κ1) is 17.9. The van der Waals surface area contributed by atoms with E-state index >= 15 is 0 Å². The van der Waals surface area contributed by atoms with E-state index in [4.69, 9.17) is 9.47 Å². The zero-order chi connectivity index (χ0) is 17.5. The third kappa shape index (κ3) is 4.78. The highest BCUT2D eigenvalue weighted by atomic mass is 19.1. The Bertz CT molecular complexity index is 654. The van der Waals surface area contributed by atoms with Gasteiger partial charge in [-0.2, -0.15) is 0 Å². The predicted octanol–water partition coefficient (Wildman–Crippen LogP) is 4.94. The molecule has 0 fully saturated rings. The van der Waals surface area contributed by atoms with Crippen molar-refractivity contribution in [3.05, 3.63) is 70.3 Å². The van der Waals surface area contributed by atoms with Crippen molar-refractivity contribution in [2.24, 2.45) is 0 Å². The fourth-order valence-corrected chi connectivity index (χ4v) is 2.44. The average molecular weight is 334 g/mol. The minimum atomic E-state index is -0.812. The van der Waals surface area contributed by atoms with Crippen LogP contribution in [0, 0.1) is 11.6 Å². The van der Waals surface area contributed by atoms with Crippen molar-refractivity contribution in [2.45, 2.75) is 39.9 Å². The van der Waals surface area contributed by atoms with Crippen LogP contribution in [0.1, 0.15) is 36.1 Å². The summed E-state index contributed by atoms with van der Waals surface area (Å²) in [5.74, 6) is -0.636. The normalized spacial score (nSPS) is 10.5. The Balaban J connectivity index is 1.90. The van der Waals surface area contributed by atoms with Gasteiger partial charge >= 0.3 is 6.16 Å². The van der Waals surface area contributed by atoms with Gasteiger partial charge in [-0.15, -0.1) is 0 Å². The number of carbonyl (C=O) groups excluding carboxylic acids is 1. The molecule has 0 spiro atoms. The van der Waals surface area contributed by atoms with Crippen molar-refractivity contribution >= 4 is 6.16 Å². The molecule has 2 rings (SSSR count). The quantitative estimate of drug-likeness (QED) is 0.702. The minimum absolute atomic E-state index is 0.0202. The third-order valence-corrected chi connectivity index (χ3v) is 3.79. The first-order chi connectivity index (χ1) is 11.5. The molecular weight excluding hydrogens is 314 g/mol. The Labute approximate surface area is 140 Å². The number of hydrogen-bond acceptors (Lipinski definition) is 3. The van der Waals surface area contributed by atoms with E-state index < -0.39 is 6.16 Å². The van der Waals surface area contributed by atoms with E-state index in [9.17, 15) is 13.6 Å². The van der Waals surface area contributed by atoms with Gasteiger partial charge in [-0.25, -0.2) is 13.6 Å². The average Bonchev–Trinajstić information content (AvgIpc) is 2.59. The molecule has 128 valence electrons. The largest absolute Gasteiger partial charge is 0.508 e. The number of rotatable bonds is 6. The molecule has 0 atom stereocenters. The van der Waals surface area contributed by atoms with E-state index in [-0.39, 0.29) is 24.8 Å². The molecule has 0 aliphatic carbocycles. The van der Waals surface area contributed by atoms with Crippen molar-refractivity contribution in [1.29, 1.82) is 0 Å². The molecule has 5 heteroatoms. The summed E-state index contributed by atoms with van der Waals surface area (Å²) < 4.78 is 36.5. The second kappa shape index (κ2) is 8.43. The topological polar surface area (TPSA) is 35.5 Å². The lowest BCUT2D eigenvalue weighted by Gasteiger charge is -2.11. The fraction of sp³-hybridized carbons (Fsp3) is 0.316. The molecule has 3 nitrogen and oxygen atoms in total. The van der Waals surface area contributed by atoms with Crippen molar-refractivity contribution in [3.8, 4) is 0 Å². The van der Waals surface area contributed by atoms with Crippen LogP contribution >= 0.6 is 0 Å². The fourth-order valence-electron chi connectivity index (χ4n) is 2.44. The maximum atomic E-state index is 13.2. The lowest BCUT2D eigenvalue weighted by molar-refractivity contribution is 0.0443. The van der Waals surface area contributed by atoms with E-state index in [0.29, 0.717) is 12.8 Å². The molecule has 0 heterocycles. The summed E-state index contributed by atoms with van der Waals surface area (Å²) in [4.78, 5) is 11.7. The Hall–Kier alpha value is -2.43. The third-order valence-electron chi connectivity index (χ3n) is 3.79. The predicted molar refractivity (Wildman–Crippen MR) is 86.5 cm³/mol. The van der Waals surface area contributed by atoms with Crippen molar-refractivity contribution < 1.29 is 23.0 Å². The van der Waals surface area contributed by atoms with Gasteiger partial charge < -0.3 is 9.47 Å². The lowest BCUT2D eigenvalue weighted by atomic mass is 10.1. The van der Waals surface area contributed by atoms with E-state index in [0.717, 1.165) is 22.3 Å². The zero-order valence-corrected chi connectivity index (χ0v) is 13.8. The van der Waals surface area contributed by atoms with Crippen LogP contribution in [0.4, 0.5) is 13.6 Å². The van der Waals surface area contributed by atoms with Crippen LogP contribution in [0.2, 0.25) is 0 Å². The van der Waals surface area contributed by atoms with Gasteiger partial charge in [0.2, 0.25) is 0 Å². The van der Waals surface area contributed by atoms with Crippen LogP contribution in [0.25, 0.3) is 0 Å². The summed E-state index contributed by atoms with van der Waals surface area (Å²) in [5.41, 5.74) is 3.06. The molecular formula is C19H20F2O3. The molecule has 0 saturated heterocycles. The van der Waals surface area contributed by atoms with Crippen LogP contribution < -0.4 is 0 Å². The number of hydrogen-bond donors (Lipinski definition) is 0. The SMILES string of the molecule is CCc1cc(F)ccc1COC(=O)OCc1ccc(F)cc1CC. The van der Waals surface area contributed by atoms with Crippen LogP contribution in [-0.2, 0) is 35.5 Å². The number of carbonyl (C=O) groups is 1. The Morgan fingerprint density at radius 3 is 1.58 bits per heavy atom. The van der Waals surface area contributed by atoms with Crippen LogP contribution in [0.3, 0.4) is 0 Å². The van der Waals surface area contributed by atoms with Gasteiger partial charge in [-0.05, 0) is 59.4 Å². The van der Waals surface area contributed by atoms with Crippen molar-refractivity contribution in [3.63, 3.8) is 0 Å². The summed E-state index contributed by atoms with van der Waals surface area (Å²) in [7, 11) is 0. The number of halogens is 2. The van der Waals surface area contributed by atoms with Gasteiger partial charge in [0.05, 0.1) is 0 Å². The summed E-state index contributed by atoms with van der Waals surface area (Å²) in [5, 5.41) is 0. The van der Waals surface area contributed by atoms with E-state index in [1.54, 1.807) is 12.1 Å². The molecule has 0 unspecified atom stereocenters. The minimum Gasteiger partial charge on any atom is -0.429 e. The number of benzene rings is 2. The summed E-state index contributed by atoms with van der Waals surface area (Å²) in [6.45, 7) is 3.84. The first-order valence-corrected chi connectivity index (χ1v) is 7.87. The van der Waals surface area contributed by atoms with E-state index in [2.05, 4.69) is 0 Å². The summed E-state index contributed by atoms with van der Waals surface area (Å²) in [6.07, 6.45) is 0.467. The highest BCUT2D eigenvalue weighted by Gasteiger charge is 2.10. The molecule has 0 aromatic heterocycles. The standard InChI is InChI=1S/C19H20F2O3/c1-3-13-9-17(20)7-5-15(13)11-23-19(22)24-12-16-6-8-18(21)10-14(16)4-2/h5-10H,3-4,11-12H2,1-2H3. The van der Waals surface area contributed by atoms with Crippen molar-refractivity contribution in [1.82, 2.24) is 0 Å². The Morgan fingerprint density at radius 2 is 1.21 bits per heavy atom. The zero-order valence-electron chi connectivity index (χ0n) is 13.8. The second-order valence-electron chi connectivity index (χ2n) is 5.36. The molecule has 0 bridgehead atoms. The molecule has 0 N–H and O–H groups in total. The van der Waals surface area contributed by atoms with Crippen molar-refractivity contribution in [2.75, 3.05) is 0 Å². The molecule has 2 aromatic carbocycles. The van der Waals surface area contributed by atoms with Gasteiger partial charge in [0, 0.05) is 0 Å². The maximum absolute atomic E-state index is 13.2.